The fraction of sp³-hybridized carbons (Fsp3) is 0.150. The van der Waals surface area contributed by atoms with Gasteiger partial charge in [0.2, 0.25) is 11.5 Å². The Labute approximate surface area is 253 Å². The van der Waals surface area contributed by atoms with Crippen LogP contribution >= 0.6 is 0 Å². The third kappa shape index (κ3) is 2.22. The Hall–Kier alpha value is -5.22. The molecule has 12 rings (SSSR count). The predicted molar refractivity (Wildman–Crippen MR) is 174 cm³/mol. The van der Waals surface area contributed by atoms with Crippen LogP contribution in [0.25, 0.3) is 66.5 Å². The van der Waals surface area contributed by atoms with Crippen molar-refractivity contribution in [1.82, 2.24) is 9.13 Å². The molecule has 2 aliphatic carbocycles. The van der Waals surface area contributed by atoms with E-state index in [9.17, 15) is 0 Å². The molecule has 8 aromatic rings. The van der Waals surface area contributed by atoms with Gasteiger partial charge in [0.25, 0.3) is 11.5 Å². The first-order valence-electron chi connectivity index (χ1n) is 16.0. The molecule has 6 heterocycles. The summed E-state index contributed by atoms with van der Waals surface area (Å²) in [5.41, 5.74) is 10.6. The number of hydrogen-bond acceptors (Lipinski definition) is 0. The summed E-state index contributed by atoms with van der Waals surface area (Å²) in [6.07, 6.45) is 6.20. The molecule has 0 N–H and O–H groups in total. The summed E-state index contributed by atoms with van der Waals surface area (Å²) in [4.78, 5) is 0. The van der Waals surface area contributed by atoms with Gasteiger partial charge in [0.15, 0.2) is 0 Å². The zero-order valence-electron chi connectivity index (χ0n) is 24.1. The minimum absolute atomic E-state index is 0.329. The van der Waals surface area contributed by atoms with Gasteiger partial charge in [-0.05, 0) is 59.7 Å². The van der Waals surface area contributed by atoms with Crippen LogP contribution in [0.3, 0.4) is 0 Å². The Balaban J connectivity index is 1.38. The monoisotopic (exact) mass is 564 g/mol. The predicted octanol–water partition coefficient (Wildman–Crippen LogP) is 7.90. The van der Waals surface area contributed by atoms with Crippen LogP contribution in [-0.2, 0) is 5.66 Å². The van der Waals surface area contributed by atoms with E-state index in [2.05, 4.69) is 140 Å². The van der Waals surface area contributed by atoms with Gasteiger partial charge in [0.1, 0.15) is 16.6 Å². The molecule has 4 heteroatoms. The summed E-state index contributed by atoms with van der Waals surface area (Å²) in [7, 11) is 0. The third-order valence-corrected chi connectivity index (χ3v) is 11.6. The highest BCUT2D eigenvalue weighted by atomic mass is 15.4. The second-order valence-corrected chi connectivity index (χ2v) is 13.3. The van der Waals surface area contributed by atoms with Crippen LogP contribution in [0.1, 0.15) is 36.3 Å². The number of para-hydroxylation sites is 2. The van der Waals surface area contributed by atoms with Gasteiger partial charge in [-0.1, -0.05) is 85.3 Å². The summed E-state index contributed by atoms with van der Waals surface area (Å²) in [5.74, 6) is 3.58. The summed E-state index contributed by atoms with van der Waals surface area (Å²) in [5, 5.41) is 5.36. The van der Waals surface area contributed by atoms with Crippen LogP contribution in [-0.4, -0.2) is 9.13 Å². The second kappa shape index (κ2) is 7.28. The number of aromatic nitrogens is 4. The van der Waals surface area contributed by atoms with Gasteiger partial charge >= 0.3 is 0 Å². The van der Waals surface area contributed by atoms with Crippen LogP contribution < -0.4 is 9.13 Å². The van der Waals surface area contributed by atoms with E-state index in [1.807, 2.05) is 0 Å². The third-order valence-electron chi connectivity index (χ3n) is 11.6. The molecule has 44 heavy (non-hydrogen) atoms. The van der Waals surface area contributed by atoms with E-state index in [1.165, 1.54) is 91.3 Å². The minimum atomic E-state index is -0.329. The standard InChI is InChI=1S/C40H28N4/c1-2-9-24(10-3-1)25-21-22-41-36(23-25)43-34-16-7-5-12-28(34)31-19-20-35-42-33-15-6-4-11-27(33)30-18-17-29-26-13-8-14-32(26)40(41,37(29)38(30)42)44(35)39(31)43/h1-7,9-12,15-23,26,32H,8,13-14H2/q+2. The molecule has 4 nitrogen and oxygen atoms in total. The highest BCUT2D eigenvalue weighted by Gasteiger charge is 2.68. The SMILES string of the molecule is c1ccc(-c2cc[n+]3c(c2)-n2c4ccccc4c4ccc5[n+](c42)C32c3c(ccc4c6ccccc6n-5c34)C3CCCC32)cc1. The lowest BCUT2D eigenvalue weighted by atomic mass is 9.85. The Morgan fingerprint density at radius 1 is 0.614 bits per heavy atom. The van der Waals surface area contributed by atoms with Crippen LogP contribution in [0.4, 0.5) is 0 Å². The maximum absolute atomic E-state index is 2.78. The van der Waals surface area contributed by atoms with E-state index < -0.39 is 0 Å². The average molecular weight is 565 g/mol. The molecule has 4 aromatic carbocycles. The first-order chi connectivity index (χ1) is 21.9. The van der Waals surface area contributed by atoms with Gasteiger partial charge in [-0.25, -0.2) is 4.57 Å². The lowest BCUT2D eigenvalue weighted by Crippen LogP contribution is -2.81. The molecule has 0 bridgehead atoms. The quantitative estimate of drug-likeness (QED) is 0.181. The maximum atomic E-state index is 2.78. The number of rotatable bonds is 1. The Morgan fingerprint density at radius 2 is 1.36 bits per heavy atom. The van der Waals surface area contributed by atoms with Crippen LogP contribution in [0.5, 0.6) is 0 Å². The van der Waals surface area contributed by atoms with E-state index in [-0.39, 0.29) is 5.66 Å². The highest BCUT2D eigenvalue weighted by molar-refractivity contribution is 6.12. The molecule has 3 unspecified atom stereocenters. The summed E-state index contributed by atoms with van der Waals surface area (Å²) >= 11 is 0. The van der Waals surface area contributed by atoms with Crippen LogP contribution in [0, 0.1) is 5.92 Å². The van der Waals surface area contributed by atoms with Crippen molar-refractivity contribution in [3.8, 4) is 22.8 Å². The molecular weight excluding hydrogens is 536 g/mol. The summed E-state index contributed by atoms with van der Waals surface area (Å²) < 4.78 is 10.6. The molecular formula is C40H28N4+2. The molecule has 1 saturated carbocycles. The first kappa shape index (κ1) is 22.3. The molecule has 0 radical (unpaired) electrons. The normalized spacial score (nSPS) is 21.9. The van der Waals surface area contributed by atoms with Gasteiger partial charge in [-0.3, -0.25) is 0 Å². The molecule has 1 spiro atoms. The lowest BCUT2D eigenvalue weighted by Gasteiger charge is -2.40. The smallest absolute Gasteiger partial charge is 0.224 e. The van der Waals surface area contributed by atoms with E-state index in [0.29, 0.717) is 11.8 Å². The Morgan fingerprint density at radius 3 is 2.23 bits per heavy atom. The van der Waals surface area contributed by atoms with Crippen molar-refractivity contribution in [3.05, 3.63) is 133 Å². The van der Waals surface area contributed by atoms with Gasteiger partial charge in [-0.2, -0.15) is 13.7 Å². The van der Waals surface area contributed by atoms with Crippen molar-refractivity contribution < 1.29 is 9.13 Å². The number of pyridine rings is 2. The molecule has 2 aliphatic heterocycles. The summed E-state index contributed by atoms with van der Waals surface area (Å²) in [6, 6.07) is 43.4. The first-order valence-corrected chi connectivity index (χ1v) is 16.0. The second-order valence-electron chi connectivity index (χ2n) is 13.3. The van der Waals surface area contributed by atoms with Gasteiger partial charge < -0.3 is 0 Å². The van der Waals surface area contributed by atoms with Gasteiger partial charge in [0, 0.05) is 34.2 Å². The van der Waals surface area contributed by atoms with Crippen molar-refractivity contribution in [2.45, 2.75) is 30.8 Å². The molecule has 206 valence electrons. The van der Waals surface area contributed by atoms with Crippen molar-refractivity contribution in [1.29, 1.82) is 0 Å². The summed E-state index contributed by atoms with van der Waals surface area (Å²) in [6.45, 7) is 0. The van der Waals surface area contributed by atoms with E-state index >= 15 is 0 Å². The fourth-order valence-corrected chi connectivity index (χ4v) is 10.2. The Bertz CT molecular complexity index is 2600. The maximum Gasteiger partial charge on any atom is 0.267 e. The van der Waals surface area contributed by atoms with Crippen molar-refractivity contribution in [3.63, 3.8) is 0 Å². The Kier molecular flexibility index (Phi) is 3.70. The molecule has 4 aliphatic rings. The van der Waals surface area contributed by atoms with Crippen molar-refractivity contribution in [2.75, 3.05) is 0 Å². The number of fused-ring (bicyclic) bond motifs is 11. The molecule has 1 fully saturated rings. The molecule has 0 saturated heterocycles. The average Bonchev–Trinajstić information content (AvgIpc) is 3.84. The van der Waals surface area contributed by atoms with E-state index in [4.69, 9.17) is 0 Å². The molecule has 0 amide bonds. The zero-order chi connectivity index (χ0) is 28.3. The van der Waals surface area contributed by atoms with E-state index in [1.54, 1.807) is 5.56 Å². The molecule has 4 aromatic heterocycles. The van der Waals surface area contributed by atoms with Crippen molar-refractivity contribution >= 4 is 43.7 Å². The molecule has 3 atom stereocenters. The fourth-order valence-electron chi connectivity index (χ4n) is 10.2. The van der Waals surface area contributed by atoms with Crippen LogP contribution in [0.15, 0.2) is 121 Å². The van der Waals surface area contributed by atoms with Gasteiger partial charge in [-0.15, -0.1) is 0 Å². The lowest BCUT2D eigenvalue weighted by molar-refractivity contribution is -0.981. The highest BCUT2D eigenvalue weighted by Crippen LogP contribution is 2.60. The number of nitrogens with zero attached hydrogens (tertiary/aromatic N) is 4. The topological polar surface area (TPSA) is 17.6 Å². The van der Waals surface area contributed by atoms with E-state index in [0.717, 1.165) is 0 Å². The minimum Gasteiger partial charge on any atom is -0.224 e. The van der Waals surface area contributed by atoms with Crippen LogP contribution in [0.2, 0.25) is 0 Å². The number of hydrogen-bond donors (Lipinski definition) is 0. The van der Waals surface area contributed by atoms with Gasteiger partial charge in [0.05, 0.1) is 17.1 Å². The zero-order valence-corrected chi connectivity index (χ0v) is 24.1. The largest absolute Gasteiger partial charge is 0.267 e. The van der Waals surface area contributed by atoms with Crippen molar-refractivity contribution in [2.24, 2.45) is 5.92 Å². The number of benzene rings is 4.